The number of halogens is 1. The van der Waals surface area contributed by atoms with Crippen LogP contribution in [0.25, 0.3) is 0 Å². The lowest BCUT2D eigenvalue weighted by Crippen LogP contribution is -3.11. The summed E-state index contributed by atoms with van der Waals surface area (Å²) in [5.74, 6) is -0.676. The van der Waals surface area contributed by atoms with Crippen LogP contribution in [0.5, 0.6) is 0 Å². The van der Waals surface area contributed by atoms with E-state index in [0.29, 0.717) is 4.90 Å². The molecule has 0 aliphatic rings. The van der Waals surface area contributed by atoms with Crippen LogP contribution >= 0.6 is 11.6 Å². The number of amides is 2. The summed E-state index contributed by atoms with van der Waals surface area (Å²) in [5.41, 5.74) is 1.56. The number of carbonyl (C=O) groups excluding carboxylic acids is 2. The van der Waals surface area contributed by atoms with E-state index in [-0.39, 0.29) is 35.4 Å². The second-order valence-corrected chi connectivity index (χ2v) is 6.77. The number of aryl methyl sites for hydroxylation is 1. The molecule has 0 spiro atoms. The predicted molar refractivity (Wildman–Crippen MR) is 108 cm³/mol. The molecule has 0 aromatic heterocycles. The number of nitrogens with zero attached hydrogens (tertiary/aromatic N) is 1. The van der Waals surface area contributed by atoms with Crippen LogP contribution in [0.15, 0.2) is 42.5 Å². The van der Waals surface area contributed by atoms with Gasteiger partial charge in [0, 0.05) is 16.8 Å². The summed E-state index contributed by atoms with van der Waals surface area (Å²) in [6.45, 7) is 2.04. The van der Waals surface area contributed by atoms with Gasteiger partial charge in [0.1, 0.15) is 5.69 Å². The monoisotopic (exact) mass is 405 g/mol. The maximum absolute atomic E-state index is 12.2. The molecule has 2 amide bonds. The van der Waals surface area contributed by atoms with Crippen molar-refractivity contribution >= 4 is 40.5 Å². The number of anilines is 2. The van der Waals surface area contributed by atoms with Gasteiger partial charge in [-0.1, -0.05) is 36.7 Å². The van der Waals surface area contributed by atoms with Gasteiger partial charge in [-0.25, -0.2) is 0 Å². The first-order valence-electron chi connectivity index (χ1n) is 8.73. The number of nitro groups is 1. The van der Waals surface area contributed by atoms with Gasteiger partial charge in [-0.3, -0.25) is 19.7 Å². The molecular formula is C19H22ClN4O4+. The third kappa shape index (κ3) is 6.04. The molecule has 2 aromatic carbocycles. The van der Waals surface area contributed by atoms with Gasteiger partial charge in [-0.05, 0) is 30.2 Å². The van der Waals surface area contributed by atoms with Crippen molar-refractivity contribution in [2.75, 3.05) is 30.8 Å². The minimum absolute atomic E-state index is 0.0247. The zero-order valence-electron chi connectivity index (χ0n) is 15.6. The van der Waals surface area contributed by atoms with Gasteiger partial charge in [-0.15, -0.1) is 0 Å². The first kappa shape index (κ1) is 21.3. The number of nitrogens with one attached hydrogen (secondary N) is 3. The topological polar surface area (TPSA) is 106 Å². The normalized spacial score (nSPS) is 11.5. The van der Waals surface area contributed by atoms with E-state index >= 15 is 0 Å². The van der Waals surface area contributed by atoms with Crippen molar-refractivity contribution in [3.8, 4) is 0 Å². The molecule has 8 nitrogen and oxygen atoms in total. The molecule has 0 aliphatic heterocycles. The van der Waals surface area contributed by atoms with E-state index in [1.165, 1.54) is 18.2 Å². The third-order valence-corrected chi connectivity index (χ3v) is 4.26. The molecule has 9 heteroatoms. The molecule has 148 valence electrons. The summed E-state index contributed by atoms with van der Waals surface area (Å²) < 4.78 is 0. The average molecular weight is 406 g/mol. The highest BCUT2D eigenvalue weighted by Crippen LogP contribution is 2.27. The van der Waals surface area contributed by atoms with Gasteiger partial charge in [-0.2, -0.15) is 0 Å². The second kappa shape index (κ2) is 9.82. The molecule has 0 fully saturated rings. The van der Waals surface area contributed by atoms with Crippen molar-refractivity contribution in [3.63, 3.8) is 0 Å². The van der Waals surface area contributed by atoms with Crippen molar-refractivity contribution in [2.45, 2.75) is 13.3 Å². The largest absolute Gasteiger partial charge is 0.322 e. The summed E-state index contributed by atoms with van der Waals surface area (Å²) >= 11 is 5.85. The smallest absolute Gasteiger partial charge is 0.292 e. The molecule has 28 heavy (non-hydrogen) atoms. The Balaban J connectivity index is 1.93. The average Bonchev–Trinajstić information content (AvgIpc) is 2.61. The summed E-state index contributed by atoms with van der Waals surface area (Å²) in [6.07, 6.45) is 0.792. The summed E-state index contributed by atoms with van der Waals surface area (Å²) in [4.78, 5) is 35.6. The molecule has 0 bridgehead atoms. The number of hydrogen-bond acceptors (Lipinski definition) is 4. The van der Waals surface area contributed by atoms with Crippen LogP contribution in [-0.4, -0.2) is 36.9 Å². The van der Waals surface area contributed by atoms with E-state index in [0.717, 1.165) is 17.7 Å². The third-order valence-electron chi connectivity index (χ3n) is 4.03. The first-order valence-corrected chi connectivity index (χ1v) is 9.10. The van der Waals surface area contributed by atoms with Crippen LogP contribution in [-0.2, 0) is 16.0 Å². The molecule has 0 saturated heterocycles. The van der Waals surface area contributed by atoms with Crippen LogP contribution in [0.1, 0.15) is 12.5 Å². The highest BCUT2D eigenvalue weighted by molar-refractivity contribution is 6.31. The molecule has 1 atom stereocenters. The quantitative estimate of drug-likeness (QED) is 0.460. The number of rotatable bonds is 8. The van der Waals surface area contributed by atoms with Gasteiger partial charge < -0.3 is 15.5 Å². The Kier molecular flexibility index (Phi) is 7.48. The van der Waals surface area contributed by atoms with E-state index in [2.05, 4.69) is 10.6 Å². The first-order chi connectivity index (χ1) is 13.3. The minimum Gasteiger partial charge on any atom is -0.322 e. The van der Waals surface area contributed by atoms with Crippen molar-refractivity contribution < 1.29 is 19.4 Å². The van der Waals surface area contributed by atoms with E-state index in [1.807, 2.05) is 31.2 Å². The van der Waals surface area contributed by atoms with Gasteiger partial charge in [0.2, 0.25) is 0 Å². The van der Waals surface area contributed by atoms with Gasteiger partial charge in [0.25, 0.3) is 17.5 Å². The summed E-state index contributed by atoms with van der Waals surface area (Å²) in [5, 5.41) is 16.7. The Hall–Kier alpha value is -2.97. The standard InChI is InChI=1S/C19H21ClN4O4/c1-3-13-6-4-5-7-15(13)21-18(25)11-23(2)12-19(26)22-16-10-14(20)8-9-17(16)24(27)28/h4-10H,3,11-12H2,1-2H3,(H,21,25)(H,22,26)/p+1. The van der Waals surface area contributed by atoms with Crippen molar-refractivity contribution in [1.29, 1.82) is 0 Å². The van der Waals surface area contributed by atoms with Crippen LogP contribution < -0.4 is 15.5 Å². The fourth-order valence-corrected chi connectivity index (χ4v) is 2.89. The molecule has 0 radical (unpaired) electrons. The van der Waals surface area contributed by atoms with Crippen molar-refractivity contribution in [1.82, 2.24) is 0 Å². The molecule has 3 N–H and O–H groups in total. The Labute approximate surface area is 167 Å². The van der Waals surface area contributed by atoms with Gasteiger partial charge >= 0.3 is 0 Å². The SMILES string of the molecule is CCc1ccccc1NC(=O)C[NH+](C)CC(=O)Nc1cc(Cl)ccc1[N+](=O)[O-]. The molecule has 2 aromatic rings. The Morgan fingerprint density at radius 2 is 1.68 bits per heavy atom. The van der Waals surface area contributed by atoms with E-state index in [4.69, 9.17) is 11.6 Å². The number of benzene rings is 2. The zero-order chi connectivity index (χ0) is 20.7. The number of hydrogen-bond donors (Lipinski definition) is 3. The molecule has 0 saturated carbocycles. The fraction of sp³-hybridized carbons (Fsp3) is 0.263. The number of likely N-dealkylation sites (N-methyl/N-ethyl adjacent to an activating group) is 1. The van der Waals surface area contributed by atoms with Crippen molar-refractivity contribution in [2.24, 2.45) is 0 Å². The molecule has 0 aliphatic carbocycles. The van der Waals surface area contributed by atoms with Crippen molar-refractivity contribution in [3.05, 3.63) is 63.2 Å². The Morgan fingerprint density at radius 3 is 2.29 bits per heavy atom. The van der Waals surface area contributed by atoms with Crippen LogP contribution in [0.4, 0.5) is 17.1 Å². The van der Waals surface area contributed by atoms with E-state index in [1.54, 1.807) is 7.05 Å². The fourth-order valence-electron chi connectivity index (χ4n) is 2.72. The van der Waals surface area contributed by atoms with E-state index in [9.17, 15) is 19.7 Å². The van der Waals surface area contributed by atoms with Gasteiger partial charge in [0.05, 0.1) is 12.0 Å². The lowest BCUT2D eigenvalue weighted by atomic mass is 10.1. The lowest BCUT2D eigenvalue weighted by Gasteiger charge is -2.15. The molecular weight excluding hydrogens is 384 g/mol. The molecule has 1 unspecified atom stereocenters. The van der Waals surface area contributed by atoms with E-state index < -0.39 is 10.8 Å². The molecule has 0 heterocycles. The van der Waals surface area contributed by atoms with Crippen LogP contribution in [0.2, 0.25) is 5.02 Å². The number of carbonyl (C=O) groups is 2. The Morgan fingerprint density at radius 1 is 1.07 bits per heavy atom. The van der Waals surface area contributed by atoms with Crippen LogP contribution in [0.3, 0.4) is 0 Å². The number of para-hydroxylation sites is 1. The summed E-state index contributed by atoms with van der Waals surface area (Å²) in [7, 11) is 1.69. The predicted octanol–water partition coefficient (Wildman–Crippen LogP) is 1.90. The maximum Gasteiger partial charge on any atom is 0.292 e. The summed E-state index contributed by atoms with van der Waals surface area (Å²) in [6, 6.07) is 11.5. The lowest BCUT2D eigenvalue weighted by molar-refractivity contribution is -0.862. The Bertz CT molecular complexity index is 888. The zero-order valence-corrected chi connectivity index (χ0v) is 16.4. The van der Waals surface area contributed by atoms with Gasteiger partial charge in [0.15, 0.2) is 13.1 Å². The number of nitro benzene ring substituents is 1. The molecule has 2 rings (SSSR count). The number of quaternary nitrogens is 1. The maximum atomic E-state index is 12.2. The highest BCUT2D eigenvalue weighted by Gasteiger charge is 2.19. The minimum atomic E-state index is -0.596. The van der Waals surface area contributed by atoms with Crippen LogP contribution in [0, 0.1) is 10.1 Å². The highest BCUT2D eigenvalue weighted by atomic mass is 35.5. The second-order valence-electron chi connectivity index (χ2n) is 6.34.